The maximum absolute atomic E-state index is 13.0. The Morgan fingerprint density at radius 2 is 1.76 bits per heavy atom. The number of hydrogen-bond donors (Lipinski definition) is 1. The number of benzene rings is 2. The van der Waals surface area contributed by atoms with Crippen molar-refractivity contribution in [3.8, 4) is 5.69 Å². The lowest BCUT2D eigenvalue weighted by Crippen LogP contribution is -2.39. The average Bonchev–Trinajstić information content (AvgIpc) is 3.16. The molecule has 10 nitrogen and oxygen atoms in total. The zero-order chi connectivity index (χ0) is 23.4. The van der Waals surface area contributed by atoms with Crippen LogP contribution in [0.3, 0.4) is 0 Å². The molecule has 0 saturated carbocycles. The van der Waals surface area contributed by atoms with Crippen LogP contribution in [0.4, 0.5) is 16.2 Å². The number of aromatic nitrogens is 2. The van der Waals surface area contributed by atoms with Crippen LogP contribution in [0.15, 0.2) is 60.8 Å². The maximum atomic E-state index is 13.0. The monoisotopic (exact) mass is 468 g/mol. The first-order valence-electron chi connectivity index (χ1n) is 10.3. The summed E-state index contributed by atoms with van der Waals surface area (Å²) in [6, 6.07) is 14.3. The Bertz CT molecular complexity index is 1200. The summed E-state index contributed by atoms with van der Waals surface area (Å²) >= 11 is 5.97. The van der Waals surface area contributed by atoms with Crippen molar-refractivity contribution in [3.63, 3.8) is 0 Å². The second kappa shape index (κ2) is 9.70. The van der Waals surface area contributed by atoms with Crippen LogP contribution < -0.4 is 5.32 Å². The first kappa shape index (κ1) is 22.3. The van der Waals surface area contributed by atoms with Crippen molar-refractivity contribution in [2.75, 3.05) is 31.5 Å². The fourth-order valence-electron chi connectivity index (χ4n) is 3.59. The minimum absolute atomic E-state index is 0.0560. The molecule has 33 heavy (non-hydrogen) atoms. The SMILES string of the molecule is O=C(Nc1cccc(Cl)c1)N1CCCN(C(=O)c2ccn(-c3cccc([N+](=O)[O-])c3)n2)CC1. The Labute approximate surface area is 194 Å². The third-order valence-electron chi connectivity index (χ3n) is 5.26. The molecule has 1 aliphatic heterocycles. The molecule has 0 spiro atoms. The number of carbonyl (C=O) groups is 2. The molecule has 0 radical (unpaired) electrons. The number of nitrogens with one attached hydrogen (secondary N) is 1. The molecule has 0 aliphatic carbocycles. The number of anilines is 1. The van der Waals surface area contributed by atoms with Crippen LogP contribution in [-0.4, -0.2) is 62.6 Å². The lowest BCUT2D eigenvalue weighted by molar-refractivity contribution is -0.384. The van der Waals surface area contributed by atoms with Gasteiger partial charge in [0.2, 0.25) is 0 Å². The van der Waals surface area contributed by atoms with Crippen molar-refractivity contribution in [2.24, 2.45) is 0 Å². The Hall–Kier alpha value is -3.92. The fourth-order valence-corrected chi connectivity index (χ4v) is 3.78. The topological polar surface area (TPSA) is 114 Å². The molecule has 1 aliphatic rings. The van der Waals surface area contributed by atoms with E-state index in [4.69, 9.17) is 11.6 Å². The van der Waals surface area contributed by atoms with Crippen LogP contribution >= 0.6 is 11.6 Å². The molecule has 0 unspecified atom stereocenters. The Morgan fingerprint density at radius 1 is 1.00 bits per heavy atom. The molecule has 0 atom stereocenters. The number of hydrogen-bond acceptors (Lipinski definition) is 5. The molecule has 0 bridgehead atoms. The molecular formula is C22H21ClN6O4. The molecule has 1 saturated heterocycles. The molecule has 1 aromatic heterocycles. The van der Waals surface area contributed by atoms with E-state index in [2.05, 4.69) is 10.4 Å². The average molecular weight is 469 g/mol. The number of amides is 3. The number of nitrogens with zero attached hydrogens (tertiary/aromatic N) is 5. The lowest BCUT2D eigenvalue weighted by atomic mass is 10.3. The van der Waals surface area contributed by atoms with E-state index in [1.165, 1.54) is 16.8 Å². The summed E-state index contributed by atoms with van der Waals surface area (Å²) in [5, 5.41) is 18.7. The molecule has 11 heteroatoms. The van der Waals surface area contributed by atoms with E-state index in [0.717, 1.165) is 0 Å². The number of halogens is 1. The van der Waals surface area contributed by atoms with Gasteiger partial charge in [0.1, 0.15) is 0 Å². The third-order valence-corrected chi connectivity index (χ3v) is 5.49. The van der Waals surface area contributed by atoms with E-state index in [-0.39, 0.29) is 23.3 Å². The van der Waals surface area contributed by atoms with Gasteiger partial charge in [-0.15, -0.1) is 0 Å². The molecular weight excluding hydrogens is 448 g/mol. The van der Waals surface area contributed by atoms with Crippen molar-refractivity contribution >= 4 is 34.9 Å². The second-order valence-corrected chi connectivity index (χ2v) is 7.93. The van der Waals surface area contributed by atoms with Gasteiger partial charge in [-0.2, -0.15) is 5.10 Å². The molecule has 4 rings (SSSR count). The highest BCUT2D eigenvalue weighted by atomic mass is 35.5. The highest BCUT2D eigenvalue weighted by Crippen LogP contribution is 2.18. The Kier molecular flexibility index (Phi) is 6.55. The minimum atomic E-state index is -0.482. The van der Waals surface area contributed by atoms with Gasteiger partial charge in [0, 0.05) is 55.2 Å². The van der Waals surface area contributed by atoms with Gasteiger partial charge in [-0.05, 0) is 36.8 Å². The largest absolute Gasteiger partial charge is 0.335 e. The Balaban J connectivity index is 1.39. The number of nitro benzene ring substituents is 1. The lowest BCUT2D eigenvalue weighted by Gasteiger charge is -2.22. The Morgan fingerprint density at radius 3 is 2.55 bits per heavy atom. The van der Waals surface area contributed by atoms with Gasteiger partial charge in [0.15, 0.2) is 5.69 Å². The van der Waals surface area contributed by atoms with Gasteiger partial charge >= 0.3 is 6.03 Å². The van der Waals surface area contributed by atoms with Crippen molar-refractivity contribution in [1.82, 2.24) is 19.6 Å². The first-order valence-corrected chi connectivity index (χ1v) is 10.7. The normalized spacial score (nSPS) is 14.0. The number of carbonyl (C=O) groups excluding carboxylic acids is 2. The molecule has 2 aromatic carbocycles. The van der Waals surface area contributed by atoms with Gasteiger partial charge < -0.3 is 15.1 Å². The highest BCUT2D eigenvalue weighted by Gasteiger charge is 2.24. The van der Waals surface area contributed by atoms with E-state index in [0.29, 0.717) is 49.0 Å². The second-order valence-electron chi connectivity index (χ2n) is 7.50. The van der Waals surface area contributed by atoms with Crippen LogP contribution in [0.2, 0.25) is 5.02 Å². The van der Waals surface area contributed by atoms with Gasteiger partial charge in [-0.1, -0.05) is 23.7 Å². The molecule has 1 fully saturated rings. The van der Waals surface area contributed by atoms with Crippen LogP contribution in [0.1, 0.15) is 16.9 Å². The molecule has 1 N–H and O–H groups in total. The molecule has 3 aromatic rings. The summed E-state index contributed by atoms with van der Waals surface area (Å²) in [5.41, 5.74) is 1.28. The predicted molar refractivity (Wildman–Crippen MR) is 123 cm³/mol. The van der Waals surface area contributed by atoms with Gasteiger partial charge in [0.25, 0.3) is 11.6 Å². The van der Waals surface area contributed by atoms with Crippen LogP contribution in [0, 0.1) is 10.1 Å². The van der Waals surface area contributed by atoms with Gasteiger partial charge in [-0.25, -0.2) is 9.48 Å². The van der Waals surface area contributed by atoms with E-state index in [9.17, 15) is 19.7 Å². The third kappa shape index (κ3) is 5.29. The summed E-state index contributed by atoms with van der Waals surface area (Å²) in [6.07, 6.45) is 2.22. The number of rotatable bonds is 4. The van der Waals surface area contributed by atoms with E-state index >= 15 is 0 Å². The van der Waals surface area contributed by atoms with E-state index in [1.807, 2.05) is 0 Å². The van der Waals surface area contributed by atoms with Crippen molar-refractivity contribution < 1.29 is 14.5 Å². The van der Waals surface area contributed by atoms with Crippen molar-refractivity contribution in [3.05, 3.63) is 81.6 Å². The summed E-state index contributed by atoms with van der Waals surface area (Å²) < 4.78 is 1.43. The summed E-state index contributed by atoms with van der Waals surface area (Å²) in [6.45, 7) is 1.75. The van der Waals surface area contributed by atoms with E-state index in [1.54, 1.807) is 58.5 Å². The summed E-state index contributed by atoms with van der Waals surface area (Å²) in [7, 11) is 0. The molecule has 3 amide bonds. The summed E-state index contributed by atoms with van der Waals surface area (Å²) in [5.74, 6) is -0.253. The molecule has 170 valence electrons. The zero-order valence-corrected chi connectivity index (χ0v) is 18.3. The van der Waals surface area contributed by atoms with Gasteiger partial charge in [-0.3, -0.25) is 14.9 Å². The molecule has 2 heterocycles. The fraction of sp³-hybridized carbons (Fsp3) is 0.227. The maximum Gasteiger partial charge on any atom is 0.321 e. The van der Waals surface area contributed by atoms with Crippen LogP contribution in [-0.2, 0) is 0 Å². The van der Waals surface area contributed by atoms with E-state index < -0.39 is 4.92 Å². The summed E-state index contributed by atoms with van der Waals surface area (Å²) in [4.78, 5) is 39.4. The van der Waals surface area contributed by atoms with Crippen molar-refractivity contribution in [2.45, 2.75) is 6.42 Å². The van der Waals surface area contributed by atoms with Crippen LogP contribution in [0.5, 0.6) is 0 Å². The highest BCUT2D eigenvalue weighted by molar-refractivity contribution is 6.30. The first-order chi connectivity index (χ1) is 15.9. The van der Waals surface area contributed by atoms with Crippen LogP contribution in [0.25, 0.3) is 5.69 Å². The number of urea groups is 1. The standard InChI is InChI=1S/C22H21ClN6O4/c23-16-4-1-5-17(14-16)24-22(31)27-10-3-9-26(12-13-27)21(30)20-8-11-28(25-20)18-6-2-7-19(15-18)29(32)33/h1-2,4-8,11,14-15H,3,9-10,12-13H2,(H,24,31). The van der Waals surface area contributed by atoms with Gasteiger partial charge in [0.05, 0.1) is 10.6 Å². The van der Waals surface area contributed by atoms with Crippen molar-refractivity contribution in [1.29, 1.82) is 0 Å². The zero-order valence-electron chi connectivity index (χ0n) is 17.6. The minimum Gasteiger partial charge on any atom is -0.335 e. The predicted octanol–water partition coefficient (Wildman–Crippen LogP) is 3.81. The number of non-ortho nitro benzene ring substituents is 1. The smallest absolute Gasteiger partial charge is 0.321 e. The quantitative estimate of drug-likeness (QED) is 0.462. The number of nitro groups is 1.